The molecule has 0 aromatic heterocycles. The third-order valence-electron chi connectivity index (χ3n) is 3.14. The highest BCUT2D eigenvalue weighted by atomic mass is 16.7. The van der Waals surface area contributed by atoms with Crippen LogP contribution in [0.15, 0.2) is 5.28 Å². The summed E-state index contributed by atoms with van der Waals surface area (Å²) in [5.74, 6) is -1.32. The molecule has 0 saturated carbocycles. The van der Waals surface area contributed by atoms with Gasteiger partial charge in [0, 0.05) is 6.42 Å². The summed E-state index contributed by atoms with van der Waals surface area (Å²) in [5, 5.41) is 25.1. The molecule has 1 aliphatic heterocycles. The highest BCUT2D eigenvalue weighted by molar-refractivity contribution is 5.73. The lowest BCUT2D eigenvalue weighted by Crippen LogP contribution is -2.40. The summed E-state index contributed by atoms with van der Waals surface area (Å²) >= 11 is 0. The van der Waals surface area contributed by atoms with Crippen LogP contribution in [0.5, 0.6) is 0 Å². The molecular weight excluding hydrogens is 306 g/mol. The predicted octanol–water partition coefficient (Wildman–Crippen LogP) is 1.86. The van der Waals surface area contributed by atoms with Gasteiger partial charge in [-0.1, -0.05) is 0 Å². The monoisotopic (exact) mass is 331 g/mol. The van der Waals surface area contributed by atoms with Gasteiger partial charge in [0.05, 0.1) is 11.5 Å². The number of carbonyl (C=O) groups is 2. The van der Waals surface area contributed by atoms with Crippen LogP contribution in [-0.4, -0.2) is 51.8 Å². The minimum Gasteiger partial charge on any atom is -0.569 e. The van der Waals surface area contributed by atoms with Crippen LogP contribution < -0.4 is 0 Å². The molecule has 0 aliphatic carbocycles. The molecule has 1 heterocycles. The molecule has 23 heavy (non-hydrogen) atoms. The number of carboxylic acid groups (broad SMARTS) is 1. The van der Waals surface area contributed by atoms with Crippen molar-refractivity contribution in [1.29, 1.82) is 0 Å². The van der Waals surface area contributed by atoms with Crippen LogP contribution in [0.1, 0.15) is 52.9 Å². The molecule has 9 heteroatoms. The third kappa shape index (κ3) is 7.16. The molecule has 9 nitrogen and oxygen atoms in total. The van der Waals surface area contributed by atoms with Crippen molar-refractivity contribution in [3.05, 3.63) is 5.21 Å². The van der Waals surface area contributed by atoms with Gasteiger partial charge in [0.2, 0.25) is 5.28 Å². The SMILES string of the molecule is CC(C)(C)OC(=O)CCCCO/N=[N+](/[O-])N1CCC[C@H]1C(=O)O. The lowest BCUT2D eigenvalue weighted by Gasteiger charge is -2.19. The van der Waals surface area contributed by atoms with Crippen molar-refractivity contribution in [2.75, 3.05) is 13.2 Å². The first-order chi connectivity index (χ1) is 10.7. The highest BCUT2D eigenvalue weighted by Crippen LogP contribution is 2.17. The second kappa shape index (κ2) is 8.54. The molecule has 0 spiro atoms. The fourth-order valence-electron chi connectivity index (χ4n) is 2.17. The molecule has 1 saturated heterocycles. The predicted molar refractivity (Wildman–Crippen MR) is 79.1 cm³/mol. The summed E-state index contributed by atoms with van der Waals surface area (Å²) in [7, 11) is 0. The first-order valence-electron chi connectivity index (χ1n) is 7.72. The molecule has 1 atom stereocenters. The van der Waals surface area contributed by atoms with Crippen molar-refractivity contribution in [1.82, 2.24) is 5.01 Å². The number of nitrogens with zero attached hydrogens (tertiary/aromatic N) is 3. The van der Waals surface area contributed by atoms with E-state index in [0.29, 0.717) is 32.2 Å². The molecule has 1 rings (SSSR count). The normalized spacial score (nSPS) is 18.8. The van der Waals surface area contributed by atoms with Gasteiger partial charge in [-0.3, -0.25) is 4.79 Å². The Bertz CT molecular complexity index is 446. The summed E-state index contributed by atoms with van der Waals surface area (Å²) in [6.45, 7) is 5.93. The lowest BCUT2D eigenvalue weighted by atomic mass is 10.2. The van der Waals surface area contributed by atoms with E-state index < -0.39 is 17.6 Å². The summed E-state index contributed by atoms with van der Waals surface area (Å²) < 4.78 is 5.16. The third-order valence-corrected chi connectivity index (χ3v) is 3.14. The molecule has 0 unspecified atom stereocenters. The Kier molecular flexibility index (Phi) is 7.05. The molecule has 1 aliphatic rings. The second-order valence-electron chi connectivity index (χ2n) is 6.37. The lowest BCUT2D eigenvalue weighted by molar-refractivity contribution is -0.712. The maximum Gasteiger partial charge on any atom is 0.332 e. The number of aliphatic carboxylic acids is 1. The van der Waals surface area contributed by atoms with E-state index in [4.69, 9.17) is 14.7 Å². The topological polar surface area (TPSA) is 114 Å². The van der Waals surface area contributed by atoms with Crippen molar-refractivity contribution < 1.29 is 29.2 Å². The van der Waals surface area contributed by atoms with Gasteiger partial charge in [-0.25, -0.2) is 4.79 Å². The quantitative estimate of drug-likeness (QED) is 0.237. The van der Waals surface area contributed by atoms with E-state index in [-0.39, 0.29) is 24.0 Å². The Morgan fingerprint density at radius 1 is 1.39 bits per heavy atom. The molecule has 1 N–H and O–H groups in total. The van der Waals surface area contributed by atoms with Crippen LogP contribution in [0, 0.1) is 5.21 Å². The van der Waals surface area contributed by atoms with E-state index >= 15 is 0 Å². The smallest absolute Gasteiger partial charge is 0.332 e. The minimum atomic E-state index is -1.05. The Labute approximate surface area is 135 Å². The van der Waals surface area contributed by atoms with Gasteiger partial charge in [0.1, 0.15) is 12.2 Å². The van der Waals surface area contributed by atoms with Gasteiger partial charge >= 0.3 is 11.9 Å². The van der Waals surface area contributed by atoms with Crippen LogP contribution in [0.4, 0.5) is 0 Å². The molecular formula is C14H25N3O6. The Hall–Kier alpha value is -2.06. The van der Waals surface area contributed by atoms with Gasteiger partial charge in [-0.05, 0) is 46.5 Å². The van der Waals surface area contributed by atoms with Gasteiger partial charge in [0.25, 0.3) is 0 Å². The van der Waals surface area contributed by atoms with E-state index in [9.17, 15) is 14.8 Å². The van der Waals surface area contributed by atoms with Gasteiger partial charge in [-0.15, -0.1) is 5.01 Å². The van der Waals surface area contributed by atoms with E-state index in [2.05, 4.69) is 5.28 Å². The van der Waals surface area contributed by atoms with E-state index in [1.54, 1.807) is 20.8 Å². The van der Waals surface area contributed by atoms with Crippen LogP contribution in [0.2, 0.25) is 0 Å². The largest absolute Gasteiger partial charge is 0.569 e. The zero-order chi connectivity index (χ0) is 17.5. The summed E-state index contributed by atoms with van der Waals surface area (Å²) in [5.41, 5.74) is -0.498. The Morgan fingerprint density at radius 3 is 2.70 bits per heavy atom. The highest BCUT2D eigenvalue weighted by Gasteiger charge is 2.36. The van der Waals surface area contributed by atoms with Crippen molar-refractivity contribution in [3.8, 4) is 0 Å². The van der Waals surface area contributed by atoms with E-state index in [1.165, 1.54) is 0 Å². The van der Waals surface area contributed by atoms with Crippen LogP contribution in [0.25, 0.3) is 0 Å². The molecule has 0 bridgehead atoms. The average Bonchev–Trinajstić information content (AvgIpc) is 2.89. The molecule has 132 valence electrons. The fraction of sp³-hybridized carbons (Fsp3) is 0.857. The molecule has 0 radical (unpaired) electrons. The molecule has 1 fully saturated rings. The van der Waals surface area contributed by atoms with Crippen LogP contribution >= 0.6 is 0 Å². The maximum atomic E-state index is 11.7. The number of hydrogen-bond acceptors (Lipinski definition) is 6. The van der Waals surface area contributed by atoms with Gasteiger partial charge in [0.15, 0.2) is 6.04 Å². The number of rotatable bonds is 8. The standard InChI is InChI=1S/C14H25N3O6/c1-14(2,3)23-12(18)8-4-5-10-22-15-17(21)16-9-6-7-11(16)13(19)20/h11H,4-10H2,1-3H3,(H,19,20)/b17-15+/t11-/m0/s1. The first-order valence-corrected chi connectivity index (χ1v) is 7.72. The number of unbranched alkanes of at least 4 members (excludes halogenated alkanes) is 1. The molecule has 0 aromatic rings. The van der Waals surface area contributed by atoms with Crippen LogP contribution in [0.3, 0.4) is 0 Å². The van der Waals surface area contributed by atoms with Crippen molar-refractivity contribution in [2.45, 2.75) is 64.5 Å². The fourth-order valence-corrected chi connectivity index (χ4v) is 2.17. The zero-order valence-corrected chi connectivity index (χ0v) is 13.9. The van der Waals surface area contributed by atoms with Crippen molar-refractivity contribution in [2.24, 2.45) is 5.28 Å². The first kappa shape index (κ1) is 19.0. The number of carbonyl (C=O) groups excluding carboxylic acids is 1. The number of esters is 1. The zero-order valence-electron chi connectivity index (χ0n) is 13.9. The Balaban J connectivity index is 2.21. The second-order valence-corrected chi connectivity index (χ2v) is 6.37. The van der Waals surface area contributed by atoms with Crippen molar-refractivity contribution in [3.63, 3.8) is 0 Å². The van der Waals surface area contributed by atoms with E-state index in [1.807, 2.05) is 0 Å². The molecule has 0 aromatic carbocycles. The summed E-state index contributed by atoms with van der Waals surface area (Å²) in [6, 6.07) is -0.855. The average molecular weight is 331 g/mol. The summed E-state index contributed by atoms with van der Waals surface area (Å²) in [6.07, 6.45) is 2.42. The number of carboxylic acids is 1. The minimum absolute atomic E-state index is 0.174. The summed E-state index contributed by atoms with van der Waals surface area (Å²) in [4.78, 5) is 27.5. The number of ether oxygens (including phenoxy) is 1. The molecule has 0 amide bonds. The number of hydrazine groups is 1. The Morgan fingerprint density at radius 2 is 2.09 bits per heavy atom. The maximum absolute atomic E-state index is 11.7. The van der Waals surface area contributed by atoms with Crippen molar-refractivity contribution >= 4 is 11.9 Å². The van der Waals surface area contributed by atoms with E-state index in [0.717, 1.165) is 5.01 Å². The number of hydrogen-bond donors (Lipinski definition) is 1. The van der Waals surface area contributed by atoms with Gasteiger partial charge < -0.3 is 19.9 Å². The van der Waals surface area contributed by atoms with Crippen LogP contribution in [-0.2, 0) is 19.2 Å². The van der Waals surface area contributed by atoms with Gasteiger partial charge in [-0.2, -0.15) is 0 Å².